The molecule has 0 radical (unpaired) electrons. The highest BCUT2D eigenvalue weighted by Crippen LogP contribution is 2.22. The fourth-order valence-electron chi connectivity index (χ4n) is 2.74. The van der Waals surface area contributed by atoms with Gasteiger partial charge in [-0.2, -0.15) is 0 Å². The van der Waals surface area contributed by atoms with E-state index in [1.807, 2.05) is 0 Å². The third-order valence-electron chi connectivity index (χ3n) is 4.02. The first-order valence-electron chi connectivity index (χ1n) is 7.16. The Balaban J connectivity index is 1.79. The molecule has 0 saturated carbocycles. The minimum Gasteiger partial charge on any atom is -0.497 e. The van der Waals surface area contributed by atoms with Crippen LogP contribution in [0.1, 0.15) is 10.4 Å². The maximum Gasteiger partial charge on any atom is 0.325 e. The number of methoxy groups -OCH3 is 1. The third-order valence-corrected chi connectivity index (χ3v) is 4.02. The van der Waals surface area contributed by atoms with Crippen LogP contribution in [0.4, 0.5) is 9.18 Å². The second-order valence-electron chi connectivity index (χ2n) is 5.47. The largest absolute Gasteiger partial charge is 0.497 e. The van der Waals surface area contributed by atoms with Crippen LogP contribution in [-0.2, 0) is 4.79 Å². The van der Waals surface area contributed by atoms with Crippen molar-refractivity contribution in [2.45, 2.75) is 12.2 Å². The summed E-state index contributed by atoms with van der Waals surface area (Å²) in [6, 6.07) is 2.57. The van der Waals surface area contributed by atoms with E-state index in [2.05, 4.69) is 10.3 Å². The van der Waals surface area contributed by atoms with Crippen molar-refractivity contribution >= 4 is 24.1 Å². The molecule has 9 heteroatoms. The number of nitrogens with zero attached hydrogens (tertiary/aromatic N) is 3. The number of benzene rings is 1. The van der Waals surface area contributed by atoms with Gasteiger partial charge in [-0.3, -0.25) is 19.9 Å². The van der Waals surface area contributed by atoms with E-state index in [9.17, 15) is 18.8 Å². The number of carbonyl (C=O) groups is 3. The minimum atomic E-state index is -0.804. The lowest BCUT2D eigenvalue weighted by atomic mass is 10.1. The summed E-state index contributed by atoms with van der Waals surface area (Å²) in [7, 11) is 2.90. The molecule has 126 valence electrons. The Morgan fingerprint density at radius 2 is 2.17 bits per heavy atom. The van der Waals surface area contributed by atoms with Gasteiger partial charge < -0.3 is 14.5 Å². The lowest BCUT2D eigenvalue weighted by Gasteiger charge is -2.37. The smallest absolute Gasteiger partial charge is 0.325 e. The van der Waals surface area contributed by atoms with E-state index in [1.165, 1.54) is 42.4 Å². The van der Waals surface area contributed by atoms with Gasteiger partial charge in [0.15, 0.2) is 11.8 Å². The summed E-state index contributed by atoms with van der Waals surface area (Å²) in [4.78, 5) is 42.7. The average Bonchev–Trinajstić information content (AvgIpc) is 2.96. The Morgan fingerprint density at radius 1 is 1.42 bits per heavy atom. The molecule has 24 heavy (non-hydrogen) atoms. The zero-order chi connectivity index (χ0) is 17.4. The molecule has 3 amide bonds. The molecule has 1 fully saturated rings. The molecule has 1 aromatic carbocycles. The molecule has 0 aliphatic carbocycles. The highest BCUT2D eigenvalue weighted by molar-refractivity contribution is 6.03. The number of carbonyl (C=O) groups excluding carboxylic acids is 3. The second kappa shape index (κ2) is 5.91. The van der Waals surface area contributed by atoms with E-state index < -0.39 is 35.7 Å². The number of hydrogen-bond donors (Lipinski definition) is 1. The van der Waals surface area contributed by atoms with Crippen LogP contribution in [-0.4, -0.2) is 66.8 Å². The summed E-state index contributed by atoms with van der Waals surface area (Å²) < 4.78 is 18.9. The molecule has 0 bridgehead atoms. The molecule has 2 aliphatic rings. The number of ether oxygens (including phenoxy) is 1. The Morgan fingerprint density at radius 3 is 2.83 bits per heavy atom. The Kier molecular flexibility index (Phi) is 3.92. The van der Waals surface area contributed by atoms with Crippen LogP contribution in [0.15, 0.2) is 23.2 Å². The van der Waals surface area contributed by atoms with Crippen molar-refractivity contribution in [2.75, 3.05) is 20.7 Å². The molecule has 1 N–H and O–H groups in total. The molecule has 2 atom stereocenters. The van der Waals surface area contributed by atoms with Gasteiger partial charge in [0.05, 0.1) is 25.6 Å². The van der Waals surface area contributed by atoms with Crippen molar-refractivity contribution in [3.63, 3.8) is 0 Å². The van der Waals surface area contributed by atoms with Crippen molar-refractivity contribution in [3.8, 4) is 5.75 Å². The van der Waals surface area contributed by atoms with Gasteiger partial charge in [-0.1, -0.05) is 0 Å². The predicted octanol–water partition coefficient (Wildman–Crippen LogP) is 0.237. The quantitative estimate of drug-likeness (QED) is 0.797. The lowest BCUT2D eigenvalue weighted by Crippen LogP contribution is -2.64. The molecule has 0 spiro atoms. The average molecular weight is 334 g/mol. The molecule has 2 unspecified atom stereocenters. The first-order chi connectivity index (χ1) is 11.4. The van der Waals surface area contributed by atoms with Gasteiger partial charge in [0.25, 0.3) is 5.91 Å². The topological polar surface area (TPSA) is 91.3 Å². The monoisotopic (exact) mass is 334 g/mol. The molecular weight excluding hydrogens is 319 g/mol. The third kappa shape index (κ3) is 2.57. The molecule has 1 saturated heterocycles. The summed E-state index contributed by atoms with van der Waals surface area (Å²) in [6.07, 6.45) is 0.639. The van der Waals surface area contributed by atoms with Gasteiger partial charge in [0.1, 0.15) is 17.7 Å². The van der Waals surface area contributed by atoms with Gasteiger partial charge in [0, 0.05) is 13.1 Å². The maximum atomic E-state index is 14.0. The normalized spacial score (nSPS) is 22.5. The van der Waals surface area contributed by atoms with Crippen LogP contribution >= 0.6 is 0 Å². The number of rotatable bonds is 4. The zero-order valence-corrected chi connectivity index (χ0v) is 13.0. The summed E-state index contributed by atoms with van der Waals surface area (Å²) in [5.41, 5.74) is -0.0955. The molecule has 8 nitrogen and oxygen atoms in total. The van der Waals surface area contributed by atoms with E-state index in [4.69, 9.17) is 4.74 Å². The van der Waals surface area contributed by atoms with Crippen LogP contribution in [0.2, 0.25) is 0 Å². The van der Waals surface area contributed by atoms with Crippen LogP contribution in [0.5, 0.6) is 5.75 Å². The molecular formula is C15H15FN4O4. The van der Waals surface area contributed by atoms with Gasteiger partial charge in [-0.25, -0.2) is 9.18 Å². The fraction of sp³-hybridized carbons (Fsp3) is 0.333. The van der Waals surface area contributed by atoms with Crippen molar-refractivity contribution < 1.29 is 23.5 Å². The van der Waals surface area contributed by atoms with E-state index in [-0.39, 0.29) is 12.1 Å². The second-order valence-corrected chi connectivity index (χ2v) is 5.47. The van der Waals surface area contributed by atoms with E-state index >= 15 is 0 Å². The number of imide groups is 1. The summed E-state index contributed by atoms with van der Waals surface area (Å²) in [5.74, 6) is -1.40. The number of hydrogen-bond acceptors (Lipinski definition) is 6. The summed E-state index contributed by atoms with van der Waals surface area (Å²) in [5, 5.41) is 2.18. The zero-order valence-electron chi connectivity index (χ0n) is 13.0. The number of halogens is 1. The van der Waals surface area contributed by atoms with Gasteiger partial charge in [-0.15, -0.1) is 0 Å². The van der Waals surface area contributed by atoms with Gasteiger partial charge in [0.2, 0.25) is 0 Å². The standard InChI is InChI=1S/C15H15FN4O4/c1-19-14-12(13(22)18-15(19)23)17-7-20(14)6-11(21)9-4-3-8(24-2)5-10(9)16/h3-5,7,12,14H,6H2,1-2H3,(H,18,22,23). The fourth-order valence-corrected chi connectivity index (χ4v) is 2.74. The van der Waals surface area contributed by atoms with E-state index in [0.717, 1.165) is 6.07 Å². The number of ketones is 1. The summed E-state index contributed by atoms with van der Waals surface area (Å²) in [6.45, 7) is -0.210. The molecule has 2 heterocycles. The van der Waals surface area contributed by atoms with Crippen molar-refractivity contribution in [1.82, 2.24) is 15.1 Å². The number of fused-ring (bicyclic) bond motifs is 1. The van der Waals surface area contributed by atoms with Gasteiger partial charge >= 0.3 is 6.03 Å². The number of aliphatic imine (C=N–C) groups is 1. The predicted molar refractivity (Wildman–Crippen MR) is 81.4 cm³/mol. The van der Waals surface area contributed by atoms with Crippen molar-refractivity contribution in [1.29, 1.82) is 0 Å². The number of likely N-dealkylation sites (N-methyl/N-ethyl adjacent to an activating group) is 1. The van der Waals surface area contributed by atoms with Crippen LogP contribution in [0.3, 0.4) is 0 Å². The Hall–Kier alpha value is -2.97. The Labute approximate surface area is 136 Å². The highest BCUT2D eigenvalue weighted by Gasteiger charge is 2.45. The van der Waals surface area contributed by atoms with Gasteiger partial charge in [-0.05, 0) is 12.1 Å². The van der Waals surface area contributed by atoms with Crippen LogP contribution < -0.4 is 10.1 Å². The van der Waals surface area contributed by atoms with E-state index in [0.29, 0.717) is 5.75 Å². The first kappa shape index (κ1) is 15.9. The van der Waals surface area contributed by atoms with Crippen LogP contribution in [0, 0.1) is 5.82 Å². The number of nitrogens with one attached hydrogen (secondary N) is 1. The summed E-state index contributed by atoms with van der Waals surface area (Å²) >= 11 is 0. The number of amides is 3. The molecule has 2 aliphatic heterocycles. The Bertz CT molecular complexity index is 751. The molecule has 3 rings (SSSR count). The highest BCUT2D eigenvalue weighted by atomic mass is 19.1. The first-order valence-corrected chi connectivity index (χ1v) is 7.16. The number of Topliss-reactive ketones (excluding diaryl/α,β-unsaturated/α-hetero) is 1. The van der Waals surface area contributed by atoms with Crippen LogP contribution in [0.25, 0.3) is 0 Å². The molecule has 1 aromatic rings. The SMILES string of the molecule is COc1ccc(C(=O)CN2C=NC3C(=O)NC(=O)N(C)C32)c(F)c1. The minimum absolute atomic E-state index is 0.0955. The lowest BCUT2D eigenvalue weighted by molar-refractivity contribution is -0.125. The van der Waals surface area contributed by atoms with E-state index in [1.54, 1.807) is 0 Å². The maximum absolute atomic E-state index is 14.0. The number of urea groups is 1. The molecule has 0 aromatic heterocycles. The van der Waals surface area contributed by atoms with Crippen molar-refractivity contribution in [3.05, 3.63) is 29.6 Å². The van der Waals surface area contributed by atoms with Crippen molar-refractivity contribution in [2.24, 2.45) is 4.99 Å².